The maximum Gasteiger partial charge on any atom is 0.316 e. The number of rotatable bonds is 4. The van der Waals surface area contributed by atoms with Crippen molar-refractivity contribution in [3.8, 4) is 0 Å². The molecule has 4 N–H and O–H groups in total. The second-order valence-electron chi connectivity index (χ2n) is 3.95. The molecule has 0 saturated heterocycles. The first kappa shape index (κ1) is 14.6. The number of para-hydroxylation sites is 1. The summed E-state index contributed by atoms with van der Waals surface area (Å²) in [5.74, 6) is 0.655. The number of hydrogen-bond acceptors (Lipinski definition) is 5. The Morgan fingerprint density at radius 2 is 1.67 bits per heavy atom. The van der Waals surface area contributed by atoms with E-state index in [1.807, 2.05) is 0 Å². The van der Waals surface area contributed by atoms with Gasteiger partial charge in [-0.1, -0.05) is 6.07 Å². The van der Waals surface area contributed by atoms with Crippen molar-refractivity contribution in [1.29, 1.82) is 0 Å². The first-order chi connectivity index (χ1) is 9.95. The number of hydrogen-bond donors (Lipinski definition) is 3. The van der Waals surface area contributed by atoms with E-state index in [-0.39, 0.29) is 11.4 Å². The monoisotopic (exact) mass is 298 g/mol. The summed E-state index contributed by atoms with van der Waals surface area (Å²) >= 11 is 0. The van der Waals surface area contributed by atoms with Gasteiger partial charge in [-0.15, -0.1) is 0 Å². The molecule has 0 amide bonds. The molecule has 0 atom stereocenters. The van der Waals surface area contributed by atoms with Crippen LogP contribution < -0.4 is 16.6 Å². The van der Waals surface area contributed by atoms with Gasteiger partial charge in [0.15, 0.2) is 17.5 Å². The third-order valence-electron chi connectivity index (χ3n) is 2.68. The molecule has 0 aliphatic rings. The largest absolute Gasteiger partial charge is 0.347 e. The standard InChI is InChI=1S/C12H9F3N4O2/c13-6-4-5-7(11(15)10(6)14)17-8-2-1-3-9(18-16)12(8)19(20)21/h1-5,17-18H,16H2. The molecule has 9 heteroatoms. The molecule has 0 fully saturated rings. The van der Waals surface area contributed by atoms with Gasteiger partial charge in [-0.2, -0.15) is 0 Å². The lowest BCUT2D eigenvalue weighted by molar-refractivity contribution is -0.383. The quantitative estimate of drug-likeness (QED) is 0.349. The van der Waals surface area contributed by atoms with Gasteiger partial charge in [0.05, 0.1) is 10.6 Å². The van der Waals surface area contributed by atoms with E-state index in [1.54, 1.807) is 0 Å². The summed E-state index contributed by atoms with van der Waals surface area (Å²) in [7, 11) is 0. The first-order valence-electron chi connectivity index (χ1n) is 5.60. The number of nitrogen functional groups attached to an aromatic ring is 1. The van der Waals surface area contributed by atoms with E-state index in [0.717, 1.165) is 6.07 Å². The number of nitro groups is 1. The summed E-state index contributed by atoms with van der Waals surface area (Å²) in [6.07, 6.45) is 0. The van der Waals surface area contributed by atoms with E-state index in [2.05, 4.69) is 10.7 Å². The van der Waals surface area contributed by atoms with Crippen molar-refractivity contribution in [3.63, 3.8) is 0 Å². The van der Waals surface area contributed by atoms with Crippen molar-refractivity contribution in [2.24, 2.45) is 5.84 Å². The van der Waals surface area contributed by atoms with Gasteiger partial charge in [-0.05, 0) is 24.3 Å². The summed E-state index contributed by atoms with van der Waals surface area (Å²) in [5, 5.41) is 13.4. The molecule has 0 unspecified atom stereocenters. The number of anilines is 3. The summed E-state index contributed by atoms with van der Waals surface area (Å²) in [4.78, 5) is 10.3. The second kappa shape index (κ2) is 5.67. The topological polar surface area (TPSA) is 93.2 Å². The van der Waals surface area contributed by atoms with Crippen LogP contribution in [0.2, 0.25) is 0 Å². The first-order valence-corrected chi connectivity index (χ1v) is 5.60. The van der Waals surface area contributed by atoms with E-state index in [0.29, 0.717) is 6.07 Å². The van der Waals surface area contributed by atoms with Gasteiger partial charge in [0.1, 0.15) is 11.4 Å². The number of nitrogens with two attached hydrogens (primary N) is 1. The molecule has 0 aliphatic carbocycles. The molecule has 2 aromatic carbocycles. The van der Waals surface area contributed by atoms with Crippen molar-refractivity contribution >= 4 is 22.7 Å². The Balaban J connectivity index is 2.50. The van der Waals surface area contributed by atoms with Crippen LogP contribution >= 0.6 is 0 Å². The second-order valence-corrected chi connectivity index (χ2v) is 3.95. The fourth-order valence-corrected chi connectivity index (χ4v) is 1.73. The predicted octanol–water partition coefficient (Wildman–Crippen LogP) is 3.04. The molecule has 21 heavy (non-hydrogen) atoms. The molecule has 2 aromatic rings. The van der Waals surface area contributed by atoms with E-state index < -0.39 is 33.7 Å². The van der Waals surface area contributed by atoms with E-state index >= 15 is 0 Å². The Hall–Kier alpha value is -2.81. The highest BCUT2D eigenvalue weighted by atomic mass is 19.2. The lowest BCUT2D eigenvalue weighted by Crippen LogP contribution is -2.10. The van der Waals surface area contributed by atoms with Gasteiger partial charge < -0.3 is 10.7 Å². The fraction of sp³-hybridized carbons (Fsp3) is 0. The molecule has 0 aromatic heterocycles. The average Bonchev–Trinajstić information content (AvgIpc) is 2.47. The van der Waals surface area contributed by atoms with Crippen LogP contribution in [-0.4, -0.2) is 4.92 Å². The van der Waals surface area contributed by atoms with Gasteiger partial charge in [-0.25, -0.2) is 13.2 Å². The third kappa shape index (κ3) is 2.72. The van der Waals surface area contributed by atoms with Crippen molar-refractivity contribution in [2.75, 3.05) is 10.7 Å². The van der Waals surface area contributed by atoms with Gasteiger partial charge in [-0.3, -0.25) is 16.0 Å². The Morgan fingerprint density at radius 3 is 2.29 bits per heavy atom. The van der Waals surface area contributed by atoms with Crippen molar-refractivity contribution in [2.45, 2.75) is 0 Å². The van der Waals surface area contributed by atoms with E-state index in [1.165, 1.54) is 18.2 Å². The highest BCUT2D eigenvalue weighted by molar-refractivity contribution is 5.79. The molecule has 2 rings (SSSR count). The van der Waals surface area contributed by atoms with Crippen LogP contribution in [0.25, 0.3) is 0 Å². The van der Waals surface area contributed by atoms with Gasteiger partial charge >= 0.3 is 5.69 Å². The molecule has 0 radical (unpaired) electrons. The number of hydrazine groups is 1. The van der Waals surface area contributed by atoms with Crippen LogP contribution in [0.3, 0.4) is 0 Å². The SMILES string of the molecule is NNc1cccc(Nc2ccc(F)c(F)c2F)c1[N+](=O)[O-]. The Morgan fingerprint density at radius 1 is 1.00 bits per heavy atom. The van der Waals surface area contributed by atoms with E-state index in [4.69, 9.17) is 5.84 Å². The fourth-order valence-electron chi connectivity index (χ4n) is 1.73. The van der Waals surface area contributed by atoms with Gasteiger partial charge in [0.25, 0.3) is 0 Å². The molecule has 0 saturated carbocycles. The van der Waals surface area contributed by atoms with Crippen molar-refractivity contribution in [3.05, 3.63) is 57.9 Å². The summed E-state index contributed by atoms with van der Waals surface area (Å²) in [5.41, 5.74) is 1.09. The van der Waals surface area contributed by atoms with Crippen LogP contribution in [0, 0.1) is 27.6 Å². The van der Waals surface area contributed by atoms with Crippen LogP contribution in [0.4, 0.5) is 35.9 Å². The lowest BCUT2D eigenvalue weighted by Gasteiger charge is -2.11. The zero-order valence-electron chi connectivity index (χ0n) is 10.4. The minimum absolute atomic E-state index is 0.0204. The highest BCUT2D eigenvalue weighted by Gasteiger charge is 2.21. The van der Waals surface area contributed by atoms with Crippen molar-refractivity contribution < 1.29 is 18.1 Å². The zero-order valence-corrected chi connectivity index (χ0v) is 10.4. The average molecular weight is 298 g/mol. The number of benzene rings is 2. The van der Waals surface area contributed by atoms with Gasteiger partial charge in [0, 0.05) is 0 Å². The molecule has 0 heterocycles. The van der Waals surface area contributed by atoms with Crippen molar-refractivity contribution in [1.82, 2.24) is 0 Å². The molecular formula is C12H9F3N4O2. The van der Waals surface area contributed by atoms with Crippen LogP contribution in [0.15, 0.2) is 30.3 Å². The van der Waals surface area contributed by atoms with Crippen LogP contribution in [-0.2, 0) is 0 Å². The molecular weight excluding hydrogens is 289 g/mol. The Bertz CT molecular complexity index is 709. The summed E-state index contributed by atoms with van der Waals surface area (Å²) in [6, 6.07) is 5.67. The predicted molar refractivity (Wildman–Crippen MR) is 70.5 cm³/mol. The molecule has 110 valence electrons. The summed E-state index contributed by atoms with van der Waals surface area (Å²) < 4.78 is 39.6. The zero-order chi connectivity index (χ0) is 15.6. The number of halogens is 3. The minimum Gasteiger partial charge on any atom is -0.347 e. The molecule has 0 bridgehead atoms. The molecule has 0 aliphatic heterocycles. The Labute approximate surface area is 116 Å². The molecule has 6 nitrogen and oxygen atoms in total. The number of nitrogens with zero attached hydrogens (tertiary/aromatic N) is 1. The lowest BCUT2D eigenvalue weighted by atomic mass is 10.2. The minimum atomic E-state index is -1.67. The van der Waals surface area contributed by atoms with E-state index in [9.17, 15) is 23.3 Å². The third-order valence-corrected chi connectivity index (χ3v) is 2.68. The van der Waals surface area contributed by atoms with Gasteiger partial charge in [0.2, 0.25) is 0 Å². The number of nitrogens with one attached hydrogen (secondary N) is 2. The Kier molecular flexibility index (Phi) is 3.94. The number of nitro benzene ring substituents is 1. The normalized spacial score (nSPS) is 10.3. The maximum atomic E-state index is 13.6. The van der Waals surface area contributed by atoms with Crippen LogP contribution in [0.5, 0.6) is 0 Å². The summed E-state index contributed by atoms with van der Waals surface area (Å²) in [6.45, 7) is 0. The van der Waals surface area contributed by atoms with Crippen LogP contribution in [0.1, 0.15) is 0 Å². The smallest absolute Gasteiger partial charge is 0.316 e. The molecule has 0 spiro atoms. The highest BCUT2D eigenvalue weighted by Crippen LogP contribution is 2.35. The maximum absolute atomic E-state index is 13.6.